The second kappa shape index (κ2) is 10.7. The summed E-state index contributed by atoms with van der Waals surface area (Å²) >= 11 is 1.10. The van der Waals surface area contributed by atoms with E-state index in [4.69, 9.17) is 0 Å². The van der Waals surface area contributed by atoms with Crippen LogP contribution < -0.4 is 5.32 Å². The molecule has 1 amide bonds. The van der Waals surface area contributed by atoms with Crippen LogP contribution in [0.4, 0.5) is 18.9 Å². The molecule has 0 bridgehead atoms. The van der Waals surface area contributed by atoms with Gasteiger partial charge in [0.2, 0.25) is 5.91 Å². The third kappa shape index (κ3) is 5.07. The summed E-state index contributed by atoms with van der Waals surface area (Å²) in [5.74, 6) is -4.60. The number of anilines is 1. The molecule has 0 radical (unpaired) electrons. The molecule has 35 heavy (non-hydrogen) atoms. The number of aryl methyl sites for hydroxylation is 2. The topological polar surface area (TPSA) is 72.7 Å². The van der Waals surface area contributed by atoms with Crippen LogP contribution >= 0.6 is 11.8 Å². The minimum Gasteiger partial charge on any atom is -0.323 e. The van der Waals surface area contributed by atoms with Crippen molar-refractivity contribution < 1.29 is 18.0 Å². The summed E-state index contributed by atoms with van der Waals surface area (Å²) < 4.78 is 42.6. The van der Waals surface area contributed by atoms with Crippen molar-refractivity contribution in [2.24, 2.45) is 0 Å². The molecule has 0 atom stereocenters. The van der Waals surface area contributed by atoms with Crippen LogP contribution in [0.2, 0.25) is 0 Å². The standard InChI is InChI=1S/C25H22F3N5OS/c1-3-15-7-5-8-16(4-2)23(15)33-24(17-9-6-12-29-13-17)31-32-25(33)35-14-20(34)30-19-11-10-18(26)21(27)22(19)28/h5-13H,3-4,14H2,1-2H3,(H,30,34). The predicted molar refractivity (Wildman–Crippen MR) is 129 cm³/mol. The number of pyridine rings is 1. The Hall–Kier alpha value is -3.66. The number of benzene rings is 2. The van der Waals surface area contributed by atoms with Gasteiger partial charge in [-0.3, -0.25) is 14.3 Å². The minimum atomic E-state index is -1.64. The molecule has 0 saturated heterocycles. The molecule has 0 saturated carbocycles. The number of thioether (sulfide) groups is 1. The van der Waals surface area contributed by atoms with Gasteiger partial charge in [0.25, 0.3) is 0 Å². The second-order valence-corrected chi connectivity index (χ2v) is 8.52. The zero-order chi connectivity index (χ0) is 24.9. The van der Waals surface area contributed by atoms with Gasteiger partial charge in [0.15, 0.2) is 28.4 Å². The van der Waals surface area contributed by atoms with Crippen LogP contribution in [0.5, 0.6) is 0 Å². The van der Waals surface area contributed by atoms with E-state index in [0.717, 1.165) is 59.1 Å². The number of aromatic nitrogens is 4. The van der Waals surface area contributed by atoms with Crippen LogP contribution in [0.15, 0.2) is 60.0 Å². The largest absolute Gasteiger partial charge is 0.323 e. The highest BCUT2D eigenvalue weighted by Gasteiger charge is 2.22. The number of amides is 1. The van der Waals surface area contributed by atoms with E-state index in [1.54, 1.807) is 18.5 Å². The number of rotatable bonds is 8. The lowest BCUT2D eigenvalue weighted by Gasteiger charge is -2.18. The van der Waals surface area contributed by atoms with Gasteiger partial charge in [0, 0.05) is 18.0 Å². The zero-order valence-corrected chi connectivity index (χ0v) is 19.9. The molecular formula is C25H22F3N5OS. The van der Waals surface area contributed by atoms with E-state index < -0.39 is 29.0 Å². The first-order valence-corrected chi connectivity index (χ1v) is 12.0. The van der Waals surface area contributed by atoms with Crippen molar-refractivity contribution in [3.63, 3.8) is 0 Å². The minimum absolute atomic E-state index is 0.153. The third-order valence-corrected chi connectivity index (χ3v) is 6.31. The summed E-state index contributed by atoms with van der Waals surface area (Å²) in [5, 5.41) is 11.4. The molecule has 6 nitrogen and oxygen atoms in total. The van der Waals surface area contributed by atoms with Crippen molar-refractivity contribution in [1.82, 2.24) is 19.7 Å². The van der Waals surface area contributed by atoms with Crippen molar-refractivity contribution in [2.45, 2.75) is 31.8 Å². The molecule has 0 aliphatic carbocycles. The number of nitrogens with zero attached hydrogens (tertiary/aromatic N) is 4. The smallest absolute Gasteiger partial charge is 0.234 e. The molecule has 2 aromatic heterocycles. The Morgan fingerprint density at radius 3 is 2.37 bits per heavy atom. The van der Waals surface area contributed by atoms with Crippen LogP contribution in [0.1, 0.15) is 25.0 Å². The summed E-state index contributed by atoms with van der Waals surface area (Å²) in [6, 6.07) is 11.5. The second-order valence-electron chi connectivity index (χ2n) is 7.58. The highest BCUT2D eigenvalue weighted by atomic mass is 32.2. The van der Waals surface area contributed by atoms with Crippen molar-refractivity contribution in [3.8, 4) is 17.1 Å². The molecule has 1 N–H and O–H groups in total. The summed E-state index contributed by atoms with van der Waals surface area (Å²) in [5.41, 5.74) is 3.44. The van der Waals surface area contributed by atoms with E-state index in [1.807, 2.05) is 28.8 Å². The number of hydrogen-bond acceptors (Lipinski definition) is 5. The lowest BCUT2D eigenvalue weighted by molar-refractivity contribution is -0.113. The van der Waals surface area contributed by atoms with Gasteiger partial charge in [-0.1, -0.05) is 43.8 Å². The molecule has 0 aliphatic heterocycles. The Kier molecular flexibility index (Phi) is 7.50. The van der Waals surface area contributed by atoms with Crippen LogP contribution in [0.25, 0.3) is 17.1 Å². The van der Waals surface area contributed by atoms with E-state index >= 15 is 0 Å². The molecular weight excluding hydrogens is 475 g/mol. The summed E-state index contributed by atoms with van der Waals surface area (Å²) in [6.45, 7) is 4.12. The highest BCUT2D eigenvalue weighted by Crippen LogP contribution is 2.32. The average molecular weight is 498 g/mol. The number of carbonyl (C=O) groups is 1. The molecule has 0 spiro atoms. The average Bonchev–Trinajstić information content (AvgIpc) is 3.31. The molecule has 4 rings (SSSR count). The van der Waals surface area contributed by atoms with Crippen molar-refractivity contribution in [3.05, 3.63) is 83.4 Å². The van der Waals surface area contributed by atoms with Crippen molar-refractivity contribution in [2.75, 3.05) is 11.1 Å². The fourth-order valence-corrected chi connectivity index (χ4v) is 4.43. The lowest BCUT2D eigenvalue weighted by atomic mass is 10.0. The number of nitrogens with one attached hydrogen (secondary N) is 1. The molecule has 0 fully saturated rings. The summed E-state index contributed by atoms with van der Waals surface area (Å²) in [4.78, 5) is 16.7. The van der Waals surface area contributed by atoms with Gasteiger partial charge in [-0.05, 0) is 48.2 Å². The monoisotopic (exact) mass is 497 g/mol. The van der Waals surface area contributed by atoms with Crippen molar-refractivity contribution >= 4 is 23.4 Å². The fourth-order valence-electron chi connectivity index (χ4n) is 3.69. The molecule has 2 heterocycles. The van der Waals surface area contributed by atoms with Gasteiger partial charge in [-0.2, -0.15) is 0 Å². The number of carbonyl (C=O) groups excluding carboxylic acids is 1. The highest BCUT2D eigenvalue weighted by molar-refractivity contribution is 7.99. The SMILES string of the molecule is CCc1cccc(CC)c1-n1c(SCC(=O)Nc2ccc(F)c(F)c2F)nnc1-c1cccnc1. The maximum atomic E-state index is 14.0. The molecule has 4 aromatic rings. The first kappa shape index (κ1) is 24.5. The predicted octanol–water partition coefficient (Wildman–Crippen LogP) is 5.60. The van der Waals surface area contributed by atoms with E-state index in [0.29, 0.717) is 11.0 Å². The molecule has 2 aromatic carbocycles. The van der Waals surface area contributed by atoms with Gasteiger partial charge < -0.3 is 5.32 Å². The van der Waals surface area contributed by atoms with Crippen LogP contribution in [0.3, 0.4) is 0 Å². The lowest BCUT2D eigenvalue weighted by Crippen LogP contribution is -2.16. The third-order valence-electron chi connectivity index (χ3n) is 5.38. The molecule has 180 valence electrons. The van der Waals surface area contributed by atoms with Gasteiger partial charge >= 0.3 is 0 Å². The van der Waals surface area contributed by atoms with Gasteiger partial charge in [-0.25, -0.2) is 13.2 Å². The van der Waals surface area contributed by atoms with Gasteiger partial charge in [0.1, 0.15) is 0 Å². The van der Waals surface area contributed by atoms with Crippen LogP contribution in [-0.2, 0) is 17.6 Å². The maximum Gasteiger partial charge on any atom is 0.234 e. The summed E-state index contributed by atoms with van der Waals surface area (Å²) in [6.07, 6.45) is 4.90. The van der Waals surface area contributed by atoms with Crippen LogP contribution in [-0.4, -0.2) is 31.4 Å². The van der Waals surface area contributed by atoms with E-state index in [1.165, 1.54) is 0 Å². The van der Waals surface area contributed by atoms with E-state index in [2.05, 4.69) is 34.3 Å². The molecule has 0 unspecified atom stereocenters. The normalized spacial score (nSPS) is 11.0. The Morgan fingerprint density at radius 1 is 0.971 bits per heavy atom. The quantitative estimate of drug-likeness (QED) is 0.253. The Balaban J connectivity index is 1.69. The molecule has 0 aliphatic rings. The Labute approximate surface area is 204 Å². The Bertz CT molecular complexity index is 1340. The number of halogens is 3. The summed E-state index contributed by atoms with van der Waals surface area (Å²) in [7, 11) is 0. The first-order valence-electron chi connectivity index (χ1n) is 11.0. The maximum absolute atomic E-state index is 14.0. The Morgan fingerprint density at radius 2 is 1.71 bits per heavy atom. The van der Waals surface area contributed by atoms with Gasteiger partial charge in [0.05, 0.1) is 17.1 Å². The van der Waals surface area contributed by atoms with E-state index in [9.17, 15) is 18.0 Å². The first-order chi connectivity index (χ1) is 16.9. The number of hydrogen-bond donors (Lipinski definition) is 1. The van der Waals surface area contributed by atoms with Gasteiger partial charge in [-0.15, -0.1) is 10.2 Å². The zero-order valence-electron chi connectivity index (χ0n) is 19.1. The fraction of sp³-hybridized carbons (Fsp3) is 0.200. The number of para-hydroxylation sites is 1. The van der Waals surface area contributed by atoms with Crippen LogP contribution in [0, 0.1) is 17.5 Å². The van der Waals surface area contributed by atoms with Crippen molar-refractivity contribution in [1.29, 1.82) is 0 Å². The molecule has 10 heteroatoms. The van der Waals surface area contributed by atoms with E-state index in [-0.39, 0.29) is 5.75 Å².